The van der Waals surface area contributed by atoms with Gasteiger partial charge in [-0.25, -0.2) is 0 Å². The van der Waals surface area contributed by atoms with Gasteiger partial charge in [-0.1, -0.05) is 146 Å². The van der Waals surface area contributed by atoms with Crippen molar-refractivity contribution < 1.29 is 0 Å². The third-order valence-corrected chi connectivity index (χ3v) is 10.4. The third-order valence-electron chi connectivity index (χ3n) is 10.4. The van der Waals surface area contributed by atoms with Crippen molar-refractivity contribution in [3.8, 4) is 39.6 Å². The average Bonchev–Trinajstić information content (AvgIpc) is 3.55. The lowest BCUT2D eigenvalue weighted by Gasteiger charge is -2.32. The van der Waals surface area contributed by atoms with Gasteiger partial charge in [0.15, 0.2) is 5.82 Å². The summed E-state index contributed by atoms with van der Waals surface area (Å²) in [6.45, 7) is 0. The molecule has 0 radical (unpaired) electrons. The van der Waals surface area contributed by atoms with Gasteiger partial charge in [-0.2, -0.15) is 15.0 Å². The minimum absolute atomic E-state index is 0.563. The van der Waals surface area contributed by atoms with Gasteiger partial charge in [0.2, 0.25) is 11.9 Å². The lowest BCUT2D eigenvalue weighted by Crippen LogP contribution is -2.19. The number of benzene rings is 8. The highest BCUT2D eigenvalue weighted by Gasteiger charge is 2.29. The van der Waals surface area contributed by atoms with Gasteiger partial charge in [-0.05, 0) is 63.2 Å². The highest BCUT2D eigenvalue weighted by molar-refractivity contribution is 6.15. The van der Waals surface area contributed by atoms with Gasteiger partial charge in [0.1, 0.15) is 0 Å². The van der Waals surface area contributed by atoms with Crippen molar-refractivity contribution in [1.82, 2.24) is 19.5 Å². The Morgan fingerprint density at radius 1 is 0.365 bits per heavy atom. The number of aromatic nitrogens is 4. The minimum Gasteiger partial charge on any atom is -0.278 e. The number of hydrogen-bond donors (Lipinski definition) is 0. The molecule has 0 spiro atoms. The molecule has 1 aliphatic rings. The molecule has 0 unspecified atom stereocenters. The van der Waals surface area contributed by atoms with Crippen molar-refractivity contribution in [1.29, 1.82) is 0 Å². The van der Waals surface area contributed by atoms with Crippen LogP contribution in [0.25, 0.3) is 82.9 Å². The predicted octanol–water partition coefficient (Wildman–Crippen LogP) is 12.1. The number of nitrogens with zero attached hydrogens (tertiary/aromatic N) is 5. The largest absolute Gasteiger partial charge is 0.278 e. The summed E-state index contributed by atoms with van der Waals surface area (Å²) in [7, 11) is 0. The lowest BCUT2D eigenvalue weighted by molar-refractivity contribution is 0.933. The summed E-state index contributed by atoms with van der Waals surface area (Å²) in [4.78, 5) is 18.2. The first-order valence-corrected chi connectivity index (χ1v) is 17.5. The molecule has 0 N–H and O–H groups in total. The zero-order valence-corrected chi connectivity index (χ0v) is 28.0. The molecule has 0 atom stereocenters. The Kier molecular flexibility index (Phi) is 6.18. The van der Waals surface area contributed by atoms with Crippen LogP contribution < -0.4 is 4.90 Å². The van der Waals surface area contributed by atoms with Gasteiger partial charge in [0, 0.05) is 27.3 Å². The Hall–Kier alpha value is -7.11. The summed E-state index contributed by atoms with van der Waals surface area (Å²) in [5, 5.41) is 7.02. The molecule has 8 aromatic carbocycles. The van der Waals surface area contributed by atoms with Crippen molar-refractivity contribution in [3.63, 3.8) is 0 Å². The molecule has 2 aromatic heterocycles. The standard InChI is InChI=1S/C47H29N5/c1-2-12-30(13-3-1)31-24-26-33(27-25-31)45-48-46(51-40-21-8-6-18-36(40)37-19-7-9-22-41(37)51)50-47(49-45)52-42-23-11-17-32-16-10-20-38(44(32)42)39-28-34-14-4-5-15-35(34)29-43(39)52/h1-29H. The van der Waals surface area contributed by atoms with E-state index in [1.807, 2.05) is 6.07 Å². The Bertz CT molecular complexity index is 2960. The molecule has 11 rings (SSSR count). The molecule has 5 nitrogen and oxygen atoms in total. The molecule has 52 heavy (non-hydrogen) atoms. The van der Waals surface area contributed by atoms with E-state index in [2.05, 4.69) is 179 Å². The van der Waals surface area contributed by atoms with E-state index < -0.39 is 0 Å². The predicted molar refractivity (Wildman–Crippen MR) is 214 cm³/mol. The molecule has 0 amide bonds. The van der Waals surface area contributed by atoms with Crippen molar-refractivity contribution in [2.45, 2.75) is 0 Å². The Morgan fingerprint density at radius 2 is 0.942 bits per heavy atom. The highest BCUT2D eigenvalue weighted by atomic mass is 15.3. The molecular formula is C47H29N5. The maximum absolute atomic E-state index is 5.40. The summed E-state index contributed by atoms with van der Waals surface area (Å²) in [6, 6.07) is 62.1. The van der Waals surface area contributed by atoms with Gasteiger partial charge in [-0.3, -0.25) is 9.47 Å². The van der Waals surface area contributed by atoms with Crippen molar-refractivity contribution >= 4 is 60.7 Å². The molecule has 0 aliphatic carbocycles. The van der Waals surface area contributed by atoms with Gasteiger partial charge in [0.25, 0.3) is 0 Å². The first-order valence-electron chi connectivity index (χ1n) is 17.5. The van der Waals surface area contributed by atoms with Crippen LogP contribution in [-0.4, -0.2) is 19.5 Å². The Morgan fingerprint density at radius 3 is 1.69 bits per heavy atom. The smallest absolute Gasteiger partial charge is 0.240 e. The van der Waals surface area contributed by atoms with Crippen LogP contribution >= 0.6 is 0 Å². The lowest BCUT2D eigenvalue weighted by atomic mass is 9.90. The molecule has 5 heteroatoms. The monoisotopic (exact) mass is 663 g/mol. The molecular weight excluding hydrogens is 635 g/mol. The van der Waals surface area contributed by atoms with Crippen molar-refractivity contribution in [2.75, 3.05) is 4.90 Å². The molecule has 0 saturated heterocycles. The number of rotatable bonds is 4. The Labute approximate surface area is 299 Å². The van der Waals surface area contributed by atoms with E-state index in [9.17, 15) is 0 Å². The first-order chi connectivity index (χ1) is 25.8. The maximum Gasteiger partial charge on any atom is 0.240 e. The fraction of sp³-hybridized carbons (Fsp3) is 0. The first kappa shape index (κ1) is 28.7. The van der Waals surface area contributed by atoms with E-state index in [4.69, 9.17) is 15.0 Å². The van der Waals surface area contributed by atoms with Gasteiger partial charge < -0.3 is 0 Å². The summed E-state index contributed by atoms with van der Waals surface area (Å²) < 4.78 is 2.18. The maximum atomic E-state index is 5.40. The molecule has 242 valence electrons. The molecule has 0 bridgehead atoms. The SMILES string of the molecule is c1ccc(-c2ccc(-c3nc(N4c5cc6ccccc6cc5-c5cccc6cccc4c56)nc(-n4c5ccccc5c5ccccc54)n3)cc2)cc1. The number of fused-ring (bicyclic) bond motifs is 6. The zero-order valence-electron chi connectivity index (χ0n) is 28.0. The van der Waals surface area contributed by atoms with Gasteiger partial charge in [0.05, 0.1) is 22.4 Å². The highest BCUT2D eigenvalue weighted by Crippen LogP contribution is 2.51. The van der Waals surface area contributed by atoms with Crippen LogP contribution in [0.3, 0.4) is 0 Å². The number of para-hydroxylation sites is 2. The number of hydrogen-bond acceptors (Lipinski definition) is 4. The average molecular weight is 664 g/mol. The number of anilines is 3. The normalized spacial score (nSPS) is 12.2. The van der Waals surface area contributed by atoms with E-state index >= 15 is 0 Å². The van der Waals surface area contributed by atoms with E-state index in [1.54, 1.807) is 0 Å². The fourth-order valence-electron chi connectivity index (χ4n) is 7.97. The van der Waals surface area contributed by atoms with Crippen LogP contribution in [0, 0.1) is 0 Å². The molecule has 10 aromatic rings. The van der Waals surface area contributed by atoms with E-state index in [1.165, 1.54) is 27.3 Å². The van der Waals surface area contributed by atoms with Crippen LogP contribution in [0.5, 0.6) is 0 Å². The second kappa shape index (κ2) is 11.2. The van der Waals surface area contributed by atoms with Crippen molar-refractivity contribution in [2.24, 2.45) is 0 Å². The van der Waals surface area contributed by atoms with Crippen LogP contribution in [0.4, 0.5) is 17.3 Å². The molecule has 0 fully saturated rings. The molecule has 3 heterocycles. The van der Waals surface area contributed by atoms with Crippen LogP contribution in [-0.2, 0) is 0 Å². The second-order valence-electron chi connectivity index (χ2n) is 13.3. The topological polar surface area (TPSA) is 46.8 Å². The summed E-state index contributed by atoms with van der Waals surface area (Å²) >= 11 is 0. The zero-order chi connectivity index (χ0) is 34.2. The van der Waals surface area contributed by atoms with E-state index in [0.29, 0.717) is 17.7 Å². The van der Waals surface area contributed by atoms with Crippen LogP contribution in [0.15, 0.2) is 176 Å². The summed E-state index contributed by atoms with van der Waals surface area (Å²) in [5.41, 5.74) is 9.75. The van der Waals surface area contributed by atoms with Crippen LogP contribution in [0.1, 0.15) is 0 Å². The van der Waals surface area contributed by atoms with Crippen LogP contribution in [0.2, 0.25) is 0 Å². The second-order valence-corrected chi connectivity index (χ2v) is 13.3. The third kappa shape index (κ3) is 4.33. The van der Waals surface area contributed by atoms with E-state index in [0.717, 1.165) is 55.3 Å². The minimum atomic E-state index is 0.563. The molecule has 0 saturated carbocycles. The molecule has 1 aliphatic heterocycles. The van der Waals surface area contributed by atoms with E-state index in [-0.39, 0.29) is 0 Å². The van der Waals surface area contributed by atoms with Crippen molar-refractivity contribution in [3.05, 3.63) is 176 Å². The van der Waals surface area contributed by atoms with Gasteiger partial charge in [-0.15, -0.1) is 0 Å². The fourth-order valence-corrected chi connectivity index (χ4v) is 7.97. The Balaban J connectivity index is 1.21. The quantitative estimate of drug-likeness (QED) is 0.188. The summed E-state index contributed by atoms with van der Waals surface area (Å²) in [6.07, 6.45) is 0. The van der Waals surface area contributed by atoms with Gasteiger partial charge >= 0.3 is 0 Å². The summed E-state index contributed by atoms with van der Waals surface area (Å²) in [5.74, 6) is 1.74.